The van der Waals surface area contributed by atoms with Gasteiger partial charge in [0.25, 0.3) is 5.91 Å². The molecule has 0 aromatic heterocycles. The second-order valence-corrected chi connectivity index (χ2v) is 6.43. The Morgan fingerprint density at radius 3 is 2.36 bits per heavy atom. The van der Waals surface area contributed by atoms with Crippen molar-refractivity contribution in [1.29, 1.82) is 0 Å². The van der Waals surface area contributed by atoms with E-state index < -0.39 is 17.7 Å². The number of hydrogen-bond donors (Lipinski definition) is 2. The first-order valence-corrected chi connectivity index (χ1v) is 7.66. The van der Waals surface area contributed by atoms with Crippen molar-refractivity contribution in [3.63, 3.8) is 0 Å². The van der Waals surface area contributed by atoms with Gasteiger partial charge in [-0.1, -0.05) is 43.1 Å². The van der Waals surface area contributed by atoms with Gasteiger partial charge in [-0.05, 0) is 33.3 Å². The molecule has 122 valence electrons. The van der Waals surface area contributed by atoms with Gasteiger partial charge in [-0.2, -0.15) is 0 Å². The van der Waals surface area contributed by atoms with Crippen molar-refractivity contribution in [3.05, 3.63) is 35.9 Å². The number of hydrogen-bond acceptors (Lipinski definition) is 4. The molecule has 0 fully saturated rings. The van der Waals surface area contributed by atoms with Crippen LogP contribution in [-0.4, -0.2) is 34.5 Å². The molecule has 0 aliphatic heterocycles. The first-order chi connectivity index (χ1) is 10.2. The Balaban J connectivity index is 2.82. The highest BCUT2D eigenvalue weighted by molar-refractivity contribution is 7.78. The van der Waals surface area contributed by atoms with Gasteiger partial charge in [0.15, 0.2) is 0 Å². The van der Waals surface area contributed by atoms with Crippen LogP contribution in [0.5, 0.6) is 0 Å². The van der Waals surface area contributed by atoms with Crippen molar-refractivity contribution in [2.75, 3.05) is 6.54 Å². The summed E-state index contributed by atoms with van der Waals surface area (Å²) >= 11 is 4.13. The molecule has 0 saturated heterocycles. The number of thiol groups is 1. The molecule has 0 saturated carbocycles. The van der Waals surface area contributed by atoms with Crippen LogP contribution in [0.25, 0.3) is 0 Å². The Labute approximate surface area is 137 Å². The minimum atomic E-state index is -0.713. The third-order valence-corrected chi connectivity index (χ3v) is 3.31. The fourth-order valence-electron chi connectivity index (χ4n) is 1.84. The maximum atomic E-state index is 12.4. The fourth-order valence-corrected chi connectivity index (χ4v) is 1.97. The van der Waals surface area contributed by atoms with E-state index in [1.54, 1.807) is 20.8 Å². The van der Waals surface area contributed by atoms with Gasteiger partial charge in [-0.25, -0.2) is 4.79 Å². The number of nitrogens with one attached hydrogen (secondary N) is 1. The number of alkyl carbamates (subject to hydrolysis) is 1. The lowest BCUT2D eigenvalue weighted by Gasteiger charge is -2.25. The number of nitrogens with zero attached hydrogens (tertiary/aromatic N) is 1. The number of amides is 2. The molecule has 1 N–H and O–H groups in total. The molecule has 1 unspecified atom stereocenters. The van der Waals surface area contributed by atoms with Crippen molar-refractivity contribution < 1.29 is 14.3 Å². The second-order valence-electron chi connectivity index (χ2n) is 5.94. The summed E-state index contributed by atoms with van der Waals surface area (Å²) < 4.78 is 6.51. The highest BCUT2D eigenvalue weighted by Gasteiger charge is 2.26. The van der Waals surface area contributed by atoms with Crippen LogP contribution in [0.2, 0.25) is 0 Å². The van der Waals surface area contributed by atoms with E-state index >= 15 is 0 Å². The molecule has 0 bridgehead atoms. The van der Waals surface area contributed by atoms with Crippen molar-refractivity contribution in [3.8, 4) is 0 Å². The molecular weight excluding hydrogens is 300 g/mol. The average Bonchev–Trinajstić information content (AvgIpc) is 2.44. The van der Waals surface area contributed by atoms with E-state index in [0.717, 1.165) is 5.56 Å². The van der Waals surface area contributed by atoms with Gasteiger partial charge in [0.1, 0.15) is 11.6 Å². The quantitative estimate of drug-likeness (QED) is 0.819. The first kappa shape index (κ1) is 18.4. The summed E-state index contributed by atoms with van der Waals surface area (Å²) in [5.41, 5.74) is 0.338. The lowest BCUT2D eigenvalue weighted by Crippen LogP contribution is -2.48. The zero-order valence-electron chi connectivity index (χ0n) is 13.5. The van der Waals surface area contributed by atoms with Gasteiger partial charge in [0.05, 0.1) is 0 Å². The average molecular weight is 324 g/mol. The largest absolute Gasteiger partial charge is 0.444 e. The predicted molar refractivity (Wildman–Crippen MR) is 89.7 cm³/mol. The van der Waals surface area contributed by atoms with Crippen LogP contribution in [0.4, 0.5) is 4.79 Å². The summed E-state index contributed by atoms with van der Waals surface area (Å²) in [6.07, 6.45) is -0.227. The van der Waals surface area contributed by atoms with Crippen LogP contribution in [0.15, 0.2) is 30.3 Å². The zero-order chi connectivity index (χ0) is 16.8. The molecule has 0 heterocycles. The summed E-state index contributed by atoms with van der Waals surface area (Å²) in [4.78, 5) is 24.3. The normalized spacial score (nSPS) is 12.4. The van der Waals surface area contributed by atoms with E-state index in [0.29, 0.717) is 13.0 Å². The molecule has 1 atom stereocenters. The van der Waals surface area contributed by atoms with E-state index in [-0.39, 0.29) is 5.91 Å². The molecule has 6 heteroatoms. The molecule has 22 heavy (non-hydrogen) atoms. The molecule has 2 amide bonds. The summed E-state index contributed by atoms with van der Waals surface area (Å²) in [7, 11) is 0. The number of benzene rings is 1. The first-order valence-electron chi connectivity index (χ1n) is 7.26. The third-order valence-electron chi connectivity index (χ3n) is 2.83. The van der Waals surface area contributed by atoms with E-state index in [1.807, 2.05) is 37.3 Å². The smallest absolute Gasteiger partial charge is 0.408 e. The van der Waals surface area contributed by atoms with E-state index in [4.69, 9.17) is 4.74 Å². The monoisotopic (exact) mass is 324 g/mol. The Kier molecular flexibility index (Phi) is 6.74. The highest BCUT2D eigenvalue weighted by atomic mass is 32.1. The van der Waals surface area contributed by atoms with Crippen molar-refractivity contribution in [1.82, 2.24) is 9.62 Å². The lowest BCUT2D eigenvalue weighted by molar-refractivity contribution is -0.128. The van der Waals surface area contributed by atoms with Gasteiger partial charge >= 0.3 is 6.09 Å². The maximum absolute atomic E-state index is 12.4. The lowest BCUT2D eigenvalue weighted by atomic mass is 10.1. The fraction of sp³-hybridized carbons (Fsp3) is 0.500. The predicted octanol–water partition coefficient (Wildman–Crippen LogP) is 2.82. The van der Waals surface area contributed by atoms with Crippen molar-refractivity contribution in [2.24, 2.45) is 0 Å². The van der Waals surface area contributed by atoms with Crippen LogP contribution in [-0.2, 0) is 16.0 Å². The van der Waals surface area contributed by atoms with E-state index in [2.05, 4.69) is 18.1 Å². The second kappa shape index (κ2) is 8.08. The Morgan fingerprint density at radius 1 is 1.27 bits per heavy atom. The summed E-state index contributed by atoms with van der Waals surface area (Å²) in [5, 5.41) is 2.64. The summed E-state index contributed by atoms with van der Waals surface area (Å²) in [6.45, 7) is 7.59. The van der Waals surface area contributed by atoms with E-state index in [9.17, 15) is 9.59 Å². The minimum Gasteiger partial charge on any atom is -0.444 e. The summed E-state index contributed by atoms with van der Waals surface area (Å²) in [6, 6.07) is 8.79. The molecular formula is C16H24N2O3S. The zero-order valence-corrected chi connectivity index (χ0v) is 14.4. The van der Waals surface area contributed by atoms with Crippen LogP contribution >= 0.6 is 12.8 Å². The van der Waals surface area contributed by atoms with Gasteiger partial charge in [-0.15, -0.1) is 0 Å². The van der Waals surface area contributed by atoms with Gasteiger partial charge in [-0.3, -0.25) is 9.10 Å². The standard InChI is InChI=1S/C16H24N2O3S/c1-5-18(22)14(19)13(11-12-9-7-6-8-10-12)17-15(20)21-16(2,3)4/h6-10,13,22H,5,11H2,1-4H3,(H,17,20). The number of likely N-dealkylation sites (N-methyl/N-ethyl adjacent to an activating group) is 1. The molecule has 1 aromatic rings. The molecule has 0 spiro atoms. The minimum absolute atomic E-state index is 0.263. The van der Waals surface area contributed by atoms with Crippen molar-refractivity contribution in [2.45, 2.75) is 45.8 Å². The Bertz CT molecular complexity index is 500. The molecule has 5 nitrogen and oxygen atoms in total. The molecule has 0 aliphatic rings. The number of carbonyl (C=O) groups excluding carboxylic acids is 2. The molecule has 1 rings (SSSR count). The highest BCUT2D eigenvalue weighted by Crippen LogP contribution is 2.10. The SMILES string of the molecule is CCN(S)C(=O)C(Cc1ccccc1)NC(=O)OC(C)(C)C. The van der Waals surface area contributed by atoms with Crippen LogP contribution in [0.3, 0.4) is 0 Å². The number of ether oxygens (including phenoxy) is 1. The topological polar surface area (TPSA) is 58.6 Å². The van der Waals surface area contributed by atoms with Crippen molar-refractivity contribution >= 4 is 24.8 Å². The molecule has 1 aromatic carbocycles. The Morgan fingerprint density at radius 2 is 1.86 bits per heavy atom. The maximum Gasteiger partial charge on any atom is 0.408 e. The van der Waals surface area contributed by atoms with Crippen LogP contribution in [0.1, 0.15) is 33.3 Å². The number of rotatable bonds is 5. The molecule has 0 radical (unpaired) electrons. The Hall–Kier alpha value is -1.69. The van der Waals surface area contributed by atoms with Crippen LogP contribution in [0, 0.1) is 0 Å². The van der Waals surface area contributed by atoms with Gasteiger partial charge in [0, 0.05) is 13.0 Å². The third kappa shape index (κ3) is 6.39. The number of carbonyl (C=O) groups is 2. The van der Waals surface area contributed by atoms with Crippen LogP contribution < -0.4 is 5.32 Å². The molecule has 0 aliphatic carbocycles. The van der Waals surface area contributed by atoms with Gasteiger partial charge in [0.2, 0.25) is 0 Å². The van der Waals surface area contributed by atoms with E-state index in [1.165, 1.54) is 4.31 Å². The summed E-state index contributed by atoms with van der Waals surface area (Å²) in [5.74, 6) is -0.263. The van der Waals surface area contributed by atoms with Gasteiger partial charge < -0.3 is 10.1 Å².